The second kappa shape index (κ2) is 6.59. The summed E-state index contributed by atoms with van der Waals surface area (Å²) in [6.45, 7) is 1.98. The van der Waals surface area contributed by atoms with Gasteiger partial charge in [-0.3, -0.25) is 9.69 Å². The number of thioether (sulfide) groups is 1. The number of benzene rings is 2. The molecule has 2 aromatic carbocycles. The van der Waals surface area contributed by atoms with E-state index < -0.39 is 5.97 Å². The Bertz CT molecular complexity index is 872. The van der Waals surface area contributed by atoms with Crippen LogP contribution in [0.3, 0.4) is 0 Å². The third-order valence-corrected chi connectivity index (χ3v) is 4.82. The third-order valence-electron chi connectivity index (χ3n) is 3.52. The fraction of sp³-hybridized carbons (Fsp3) is 0.0556. The summed E-state index contributed by atoms with van der Waals surface area (Å²) in [7, 11) is 0. The second-order valence-corrected chi connectivity index (χ2v) is 6.96. The van der Waals surface area contributed by atoms with Gasteiger partial charge in [-0.2, -0.15) is 0 Å². The summed E-state index contributed by atoms with van der Waals surface area (Å²) in [5, 5.41) is 9.06. The summed E-state index contributed by atoms with van der Waals surface area (Å²) in [5.74, 6) is -1.20. The molecule has 1 heterocycles. The molecule has 4 nitrogen and oxygen atoms in total. The number of carbonyl (C=O) groups excluding carboxylic acids is 1. The van der Waals surface area contributed by atoms with Crippen LogP contribution in [0.25, 0.3) is 6.08 Å². The molecule has 2 aromatic rings. The van der Waals surface area contributed by atoms with Crippen LogP contribution in [0.5, 0.6) is 0 Å². The van der Waals surface area contributed by atoms with Crippen molar-refractivity contribution in [3.63, 3.8) is 0 Å². The molecule has 1 amide bonds. The van der Waals surface area contributed by atoms with E-state index in [1.54, 1.807) is 18.2 Å². The lowest BCUT2D eigenvalue weighted by molar-refractivity contribution is -0.113. The van der Waals surface area contributed by atoms with E-state index in [0.717, 1.165) is 11.3 Å². The molecule has 1 aliphatic rings. The molecule has 3 rings (SSSR count). The Labute approximate surface area is 148 Å². The van der Waals surface area contributed by atoms with Gasteiger partial charge in [-0.1, -0.05) is 53.8 Å². The molecule has 1 fully saturated rings. The lowest BCUT2D eigenvalue weighted by atomic mass is 10.1. The highest BCUT2D eigenvalue weighted by Gasteiger charge is 2.33. The number of thiocarbonyl (C=S) groups is 1. The summed E-state index contributed by atoms with van der Waals surface area (Å²) in [6.07, 6.45) is 1.67. The van der Waals surface area contributed by atoms with Crippen LogP contribution in [0, 0.1) is 6.92 Å². The third kappa shape index (κ3) is 3.25. The summed E-state index contributed by atoms with van der Waals surface area (Å²) >= 11 is 6.54. The number of carboxylic acid groups (broad SMARTS) is 1. The van der Waals surface area contributed by atoms with Gasteiger partial charge in [0, 0.05) is 0 Å². The number of carboxylic acids is 1. The number of anilines is 1. The van der Waals surface area contributed by atoms with E-state index in [2.05, 4.69) is 0 Å². The largest absolute Gasteiger partial charge is 0.478 e. The molecule has 0 unspecified atom stereocenters. The van der Waals surface area contributed by atoms with Crippen LogP contribution in [0.15, 0.2) is 53.4 Å². The molecule has 24 heavy (non-hydrogen) atoms. The van der Waals surface area contributed by atoms with E-state index in [0.29, 0.717) is 14.8 Å². The summed E-state index contributed by atoms with van der Waals surface area (Å²) < 4.78 is 0.462. The van der Waals surface area contributed by atoms with Gasteiger partial charge in [0.25, 0.3) is 5.91 Å². The molecule has 6 heteroatoms. The average Bonchev–Trinajstić information content (AvgIpc) is 2.83. The number of amides is 1. The number of hydrogen-bond donors (Lipinski definition) is 1. The van der Waals surface area contributed by atoms with E-state index in [1.807, 2.05) is 31.2 Å². The van der Waals surface area contributed by atoms with Gasteiger partial charge in [0.15, 0.2) is 4.32 Å². The minimum Gasteiger partial charge on any atom is -0.478 e. The SMILES string of the molecule is Cc1ccc(N2C(=O)/C(=C\c3cccc(C(=O)O)c3)SC2=S)cc1. The quantitative estimate of drug-likeness (QED) is 0.663. The minimum atomic E-state index is -1.00. The van der Waals surface area contributed by atoms with Gasteiger partial charge in [0.05, 0.1) is 16.2 Å². The highest BCUT2D eigenvalue weighted by molar-refractivity contribution is 8.27. The van der Waals surface area contributed by atoms with Gasteiger partial charge in [-0.15, -0.1) is 0 Å². The van der Waals surface area contributed by atoms with E-state index >= 15 is 0 Å². The maximum absolute atomic E-state index is 12.7. The van der Waals surface area contributed by atoms with Gasteiger partial charge in [-0.25, -0.2) is 4.79 Å². The lowest BCUT2D eigenvalue weighted by Gasteiger charge is -2.14. The zero-order valence-electron chi connectivity index (χ0n) is 12.7. The Morgan fingerprint density at radius 1 is 1.21 bits per heavy atom. The van der Waals surface area contributed by atoms with Gasteiger partial charge in [0.2, 0.25) is 0 Å². The zero-order valence-corrected chi connectivity index (χ0v) is 14.4. The van der Waals surface area contributed by atoms with Crippen LogP contribution in [-0.4, -0.2) is 21.3 Å². The van der Waals surface area contributed by atoms with Crippen molar-refractivity contribution in [1.29, 1.82) is 0 Å². The number of hydrogen-bond acceptors (Lipinski definition) is 4. The van der Waals surface area contributed by atoms with E-state index in [9.17, 15) is 9.59 Å². The average molecular weight is 355 g/mol. The number of aryl methyl sites for hydroxylation is 1. The Balaban J connectivity index is 1.92. The molecule has 0 bridgehead atoms. The van der Waals surface area contributed by atoms with Crippen molar-refractivity contribution in [2.24, 2.45) is 0 Å². The topological polar surface area (TPSA) is 57.6 Å². The second-order valence-electron chi connectivity index (χ2n) is 5.28. The van der Waals surface area contributed by atoms with Crippen molar-refractivity contribution in [3.8, 4) is 0 Å². The van der Waals surface area contributed by atoms with Crippen molar-refractivity contribution in [3.05, 3.63) is 70.1 Å². The number of carbonyl (C=O) groups is 2. The molecular formula is C18H13NO3S2. The van der Waals surface area contributed by atoms with Crippen molar-refractivity contribution >= 4 is 51.9 Å². The molecule has 0 aromatic heterocycles. The number of aromatic carboxylic acids is 1. The Morgan fingerprint density at radius 3 is 2.58 bits per heavy atom. The van der Waals surface area contributed by atoms with Crippen molar-refractivity contribution < 1.29 is 14.7 Å². The van der Waals surface area contributed by atoms with Crippen molar-refractivity contribution in [2.45, 2.75) is 6.92 Å². The van der Waals surface area contributed by atoms with Crippen LogP contribution in [0.1, 0.15) is 21.5 Å². The highest BCUT2D eigenvalue weighted by atomic mass is 32.2. The molecule has 1 aliphatic heterocycles. The van der Waals surface area contributed by atoms with Crippen LogP contribution in [-0.2, 0) is 4.79 Å². The predicted octanol–water partition coefficient (Wildman–Crippen LogP) is 4.10. The molecule has 1 N–H and O–H groups in total. The minimum absolute atomic E-state index is 0.178. The Morgan fingerprint density at radius 2 is 1.92 bits per heavy atom. The van der Waals surface area contributed by atoms with Gasteiger partial charge in [0.1, 0.15) is 0 Å². The van der Waals surface area contributed by atoms with Gasteiger partial charge >= 0.3 is 5.97 Å². The first-order valence-corrected chi connectivity index (χ1v) is 8.36. The molecule has 0 saturated carbocycles. The smallest absolute Gasteiger partial charge is 0.335 e. The summed E-state index contributed by atoms with van der Waals surface area (Å²) in [6, 6.07) is 14.0. The molecular weight excluding hydrogens is 342 g/mol. The van der Waals surface area contributed by atoms with Gasteiger partial charge in [-0.05, 0) is 42.8 Å². The number of nitrogens with zero attached hydrogens (tertiary/aromatic N) is 1. The monoisotopic (exact) mass is 355 g/mol. The zero-order chi connectivity index (χ0) is 17.3. The van der Waals surface area contributed by atoms with E-state index in [4.69, 9.17) is 17.3 Å². The summed E-state index contributed by atoms with van der Waals surface area (Å²) in [4.78, 5) is 25.7. The predicted molar refractivity (Wildman–Crippen MR) is 100 cm³/mol. The van der Waals surface area contributed by atoms with Crippen LogP contribution < -0.4 is 4.90 Å². The van der Waals surface area contributed by atoms with E-state index in [1.165, 1.54) is 28.8 Å². The van der Waals surface area contributed by atoms with Gasteiger partial charge < -0.3 is 5.11 Å². The molecule has 120 valence electrons. The standard InChI is InChI=1S/C18H13NO3S2/c1-11-5-7-14(8-6-11)19-16(20)15(24-18(19)23)10-12-3-2-4-13(9-12)17(21)22/h2-10H,1H3,(H,21,22)/b15-10+. The first kappa shape index (κ1) is 16.4. The van der Waals surface area contributed by atoms with Crippen LogP contribution in [0.2, 0.25) is 0 Å². The van der Waals surface area contributed by atoms with Crippen LogP contribution >= 0.6 is 24.0 Å². The summed E-state index contributed by atoms with van der Waals surface area (Å²) in [5.41, 5.74) is 2.66. The maximum Gasteiger partial charge on any atom is 0.335 e. The molecule has 1 saturated heterocycles. The molecule has 0 atom stereocenters. The first-order chi connectivity index (χ1) is 11.5. The Kier molecular flexibility index (Phi) is 4.51. The first-order valence-electron chi connectivity index (χ1n) is 7.14. The lowest BCUT2D eigenvalue weighted by Crippen LogP contribution is -2.27. The highest BCUT2D eigenvalue weighted by Crippen LogP contribution is 2.36. The molecule has 0 aliphatic carbocycles. The van der Waals surface area contributed by atoms with Crippen molar-refractivity contribution in [2.75, 3.05) is 4.90 Å². The molecule has 0 spiro atoms. The Hall–Kier alpha value is -2.44. The fourth-order valence-corrected chi connectivity index (χ4v) is 3.60. The van der Waals surface area contributed by atoms with Crippen LogP contribution in [0.4, 0.5) is 5.69 Å². The number of rotatable bonds is 3. The van der Waals surface area contributed by atoms with E-state index in [-0.39, 0.29) is 11.5 Å². The fourth-order valence-electron chi connectivity index (χ4n) is 2.30. The molecule has 0 radical (unpaired) electrons. The maximum atomic E-state index is 12.7. The normalized spacial score (nSPS) is 16.0. The van der Waals surface area contributed by atoms with Crippen molar-refractivity contribution in [1.82, 2.24) is 0 Å².